The molecule has 10 heteroatoms. The Bertz CT molecular complexity index is 3560. The zero-order chi connectivity index (χ0) is 69.2. The molecule has 0 atom stereocenters. The van der Waals surface area contributed by atoms with E-state index in [9.17, 15) is 0 Å². The molecule has 8 bridgehead atoms. The maximum absolute atomic E-state index is 7.29. The van der Waals surface area contributed by atoms with E-state index in [1.807, 2.05) is 0 Å². The molecule has 7 aromatic rings. The highest BCUT2D eigenvalue weighted by molar-refractivity contribution is 14.1. The molecule has 8 nitrogen and oxygen atoms in total. The molecule has 0 saturated heterocycles. The Morgan fingerprint density at radius 1 is 0.260 bits per heavy atom. The predicted octanol–water partition coefficient (Wildman–Crippen LogP) is 30.2. The lowest BCUT2D eigenvalue weighted by Gasteiger charge is -2.28. The maximum atomic E-state index is 7.29. The summed E-state index contributed by atoms with van der Waals surface area (Å²) in [6.07, 6.45) is 61.5. The number of nitrogens with one attached hydrogen (secondary N) is 2. The fourth-order valence-electron chi connectivity index (χ4n) is 16.5. The third-order valence-electron chi connectivity index (χ3n) is 22.4. The molecular formula is C90H124I2N4O4. The van der Waals surface area contributed by atoms with Crippen molar-refractivity contribution in [3.63, 3.8) is 0 Å². The number of nitrogens with zero attached hydrogens (tertiary/aromatic N) is 2. The Labute approximate surface area is 630 Å². The molecule has 11 rings (SSSR count). The molecule has 0 saturated carbocycles. The Morgan fingerprint density at radius 3 is 0.700 bits per heavy atom. The predicted molar refractivity (Wildman–Crippen MR) is 443 cm³/mol. The van der Waals surface area contributed by atoms with Crippen molar-refractivity contribution in [3.8, 4) is 68.0 Å². The van der Waals surface area contributed by atoms with Gasteiger partial charge in [-0.2, -0.15) is 0 Å². The third-order valence-corrected chi connectivity index (χ3v) is 23.7. The summed E-state index contributed by atoms with van der Waals surface area (Å²) < 4.78 is 31.5. The van der Waals surface area contributed by atoms with Crippen molar-refractivity contribution in [2.75, 3.05) is 0 Å². The molecule has 4 aliphatic rings. The quantitative estimate of drug-likeness (QED) is 0.0291. The van der Waals surface area contributed by atoms with Gasteiger partial charge < -0.3 is 28.9 Å². The van der Waals surface area contributed by atoms with E-state index >= 15 is 0 Å². The second-order valence-electron chi connectivity index (χ2n) is 30.7. The number of H-pyrrole nitrogens is 2. The minimum Gasteiger partial charge on any atom is -0.448 e. The zero-order valence-corrected chi connectivity index (χ0v) is 66.6. The van der Waals surface area contributed by atoms with Crippen molar-refractivity contribution < 1.29 is 18.9 Å². The number of benzene rings is 4. The Balaban J connectivity index is 0.898. The van der Waals surface area contributed by atoms with Crippen LogP contribution in [0.5, 0.6) is 23.0 Å². The summed E-state index contributed by atoms with van der Waals surface area (Å²) in [5.41, 5.74) is 11.9. The summed E-state index contributed by atoms with van der Waals surface area (Å²) >= 11 is 4.93. The first-order valence-electron chi connectivity index (χ1n) is 41.2. The second-order valence-corrected chi connectivity index (χ2v) is 33.2. The summed E-state index contributed by atoms with van der Waals surface area (Å²) in [7, 11) is 0. The van der Waals surface area contributed by atoms with E-state index in [-0.39, 0.29) is 0 Å². The summed E-state index contributed by atoms with van der Waals surface area (Å²) in [6, 6.07) is 31.7. The average Bonchev–Trinajstić information content (AvgIpc) is 1.58. The first-order chi connectivity index (χ1) is 49.2. The van der Waals surface area contributed by atoms with E-state index in [4.69, 9.17) is 28.9 Å². The molecule has 0 aliphatic carbocycles. The average molecular weight is 1580 g/mol. The van der Waals surface area contributed by atoms with Gasteiger partial charge >= 0.3 is 0 Å². The maximum Gasteiger partial charge on any atom is 0.251 e. The van der Waals surface area contributed by atoms with Gasteiger partial charge in [0.1, 0.15) is 0 Å². The lowest BCUT2D eigenvalue weighted by molar-refractivity contribution is -0.0953. The summed E-state index contributed by atoms with van der Waals surface area (Å²) in [5.74, 6) is 1.98. The van der Waals surface area contributed by atoms with Crippen LogP contribution in [0.15, 0.2) is 84.9 Å². The molecule has 542 valence electrons. The van der Waals surface area contributed by atoms with E-state index < -0.39 is 11.6 Å². The van der Waals surface area contributed by atoms with Crippen LogP contribution in [-0.2, 0) is 0 Å². The molecule has 2 N–H and O–H groups in total. The Hall–Kier alpha value is -4.82. The first kappa shape index (κ1) is 76.3. The second kappa shape index (κ2) is 39.9. The van der Waals surface area contributed by atoms with Gasteiger partial charge in [0, 0.05) is 98.7 Å². The molecular weight excluding hydrogens is 1450 g/mol. The minimum atomic E-state index is -0.680. The summed E-state index contributed by atoms with van der Waals surface area (Å²) in [4.78, 5) is 19.2. The van der Waals surface area contributed by atoms with Crippen molar-refractivity contribution in [2.45, 2.75) is 347 Å². The Kier molecular flexibility index (Phi) is 30.4. The van der Waals surface area contributed by atoms with Crippen molar-refractivity contribution >= 4 is 88.8 Å². The molecule has 100 heavy (non-hydrogen) atoms. The van der Waals surface area contributed by atoms with Gasteiger partial charge in [-0.25, -0.2) is 9.97 Å². The van der Waals surface area contributed by atoms with E-state index in [1.54, 1.807) is 0 Å². The highest BCUT2D eigenvalue weighted by Gasteiger charge is 2.43. The molecule has 7 heterocycles. The largest absolute Gasteiger partial charge is 0.448 e. The van der Waals surface area contributed by atoms with Crippen LogP contribution >= 0.6 is 45.2 Å². The molecule has 0 unspecified atom stereocenters. The standard InChI is InChI=1S/C90H124I2N4O4/c1-5-9-13-17-21-25-29-33-37-41-45-53-89(54-46-42-38-34-30-26-22-18-14-10-6-2)97-85-59-73-75(61-87(85)99-89)83-65-79-71-57-67(91)50-52-70(71)78(94-79)64-82-74-60-86-88(62-76(74)84(96-82)66-80-72-58-68(92)49-51-69(72)77(93-80)63-81(73)95-83)100-90(98-86,55-47-43-39-35-31-27-23-19-15-11-7-3)56-48-44-40-36-32-28-24-20-16-12-8-4/h49-52,57-66,93-94H,5-48,53-56H2,1-4H3. The molecule has 0 radical (unpaired) electrons. The Morgan fingerprint density at radius 2 is 0.470 bits per heavy atom. The molecule has 4 aromatic carbocycles. The first-order valence-corrected chi connectivity index (χ1v) is 43.4. The molecule has 4 aliphatic heterocycles. The van der Waals surface area contributed by atoms with Gasteiger partial charge in [-0.05, 0) is 144 Å². The van der Waals surface area contributed by atoms with Crippen LogP contribution in [0.2, 0.25) is 0 Å². The van der Waals surface area contributed by atoms with Crippen LogP contribution in [-0.4, -0.2) is 31.5 Å². The van der Waals surface area contributed by atoms with Crippen molar-refractivity contribution in [2.24, 2.45) is 0 Å². The smallest absolute Gasteiger partial charge is 0.251 e. The van der Waals surface area contributed by atoms with Crippen LogP contribution in [0.1, 0.15) is 336 Å². The molecule has 0 amide bonds. The fraction of sp³-hybridized carbons (Fsp3) is 0.600. The number of aromatic amines is 2. The molecule has 3 aromatic heterocycles. The number of unbranched alkanes of at least 4 members (excludes halogenated alkanes) is 40. The number of halogens is 2. The number of rotatable bonds is 48. The van der Waals surface area contributed by atoms with Crippen LogP contribution in [0.25, 0.3) is 88.6 Å². The SMILES string of the molecule is CCCCCCCCCCCCCC1(CCCCCCCCCCCCC)Oc2cc3c(cc2O1)-c1cc2[nH]c(cc4nc(cc5[nH]c(cc-3n1)c1ccc(I)cc51)-c1cc3c(cc1-4)OC(CCCCCCCCCCCCC)(CCCCCCCCCCCCC)O3)c1ccc(I)cc21. The van der Waals surface area contributed by atoms with Gasteiger partial charge in [0.05, 0.1) is 22.8 Å². The number of fused-ring (bicyclic) bond motifs is 22. The van der Waals surface area contributed by atoms with Gasteiger partial charge in [-0.3, -0.25) is 0 Å². The molecule has 0 fully saturated rings. The van der Waals surface area contributed by atoms with Crippen molar-refractivity contribution in [3.05, 3.63) is 92.1 Å². The highest BCUT2D eigenvalue weighted by atomic mass is 127. The molecule has 0 spiro atoms. The lowest BCUT2D eigenvalue weighted by atomic mass is 9.98. The summed E-state index contributed by atoms with van der Waals surface area (Å²) in [5, 5.41) is 4.57. The van der Waals surface area contributed by atoms with E-state index in [0.717, 1.165) is 163 Å². The van der Waals surface area contributed by atoms with Crippen LogP contribution in [0, 0.1) is 7.14 Å². The number of hydrogen-bond donors (Lipinski definition) is 2. The fourth-order valence-corrected chi connectivity index (χ4v) is 17.5. The van der Waals surface area contributed by atoms with Gasteiger partial charge in [-0.1, -0.05) is 297 Å². The van der Waals surface area contributed by atoms with Crippen LogP contribution in [0.4, 0.5) is 0 Å². The highest BCUT2D eigenvalue weighted by Crippen LogP contribution is 2.53. The van der Waals surface area contributed by atoms with Crippen molar-refractivity contribution in [1.29, 1.82) is 0 Å². The van der Waals surface area contributed by atoms with Gasteiger partial charge in [0.25, 0.3) is 11.6 Å². The zero-order valence-electron chi connectivity index (χ0n) is 62.3. The monoisotopic (exact) mass is 1580 g/mol. The number of ether oxygens (including phenoxy) is 4. The van der Waals surface area contributed by atoms with Crippen LogP contribution in [0.3, 0.4) is 0 Å². The number of aromatic nitrogens is 4. The van der Waals surface area contributed by atoms with Gasteiger partial charge in [0.2, 0.25) is 0 Å². The lowest BCUT2D eigenvalue weighted by Crippen LogP contribution is -2.38. The normalized spacial score (nSPS) is 13.9. The third kappa shape index (κ3) is 21.2. The van der Waals surface area contributed by atoms with E-state index in [2.05, 4.69) is 168 Å². The number of hydrogen-bond acceptors (Lipinski definition) is 6. The van der Waals surface area contributed by atoms with Crippen molar-refractivity contribution in [1.82, 2.24) is 19.9 Å². The minimum absolute atomic E-state index is 0.680. The topological polar surface area (TPSA) is 94.3 Å². The van der Waals surface area contributed by atoms with E-state index in [1.165, 1.54) is 264 Å². The summed E-state index contributed by atoms with van der Waals surface area (Å²) in [6.45, 7) is 9.23. The van der Waals surface area contributed by atoms with Crippen LogP contribution < -0.4 is 18.9 Å². The van der Waals surface area contributed by atoms with E-state index in [0.29, 0.717) is 0 Å². The van der Waals surface area contributed by atoms with Gasteiger partial charge in [0.15, 0.2) is 23.0 Å². The van der Waals surface area contributed by atoms with Gasteiger partial charge in [-0.15, -0.1) is 0 Å².